The van der Waals surface area contributed by atoms with Gasteiger partial charge < -0.3 is 10.1 Å². The van der Waals surface area contributed by atoms with Gasteiger partial charge in [0, 0.05) is 23.5 Å². The summed E-state index contributed by atoms with van der Waals surface area (Å²) in [6.45, 7) is 1.42. The predicted octanol–water partition coefficient (Wildman–Crippen LogP) is 4.11. The Bertz CT molecular complexity index is 686. The van der Waals surface area contributed by atoms with Crippen molar-refractivity contribution in [1.82, 2.24) is 0 Å². The van der Waals surface area contributed by atoms with Crippen LogP contribution in [0.3, 0.4) is 0 Å². The van der Waals surface area contributed by atoms with Gasteiger partial charge in [-0.2, -0.15) is 0 Å². The molecule has 2 aromatic carbocycles. The highest BCUT2D eigenvalue weighted by Crippen LogP contribution is 2.30. The largest absolute Gasteiger partial charge is 0.457 e. The summed E-state index contributed by atoms with van der Waals surface area (Å²) >= 11 is 3.34. The van der Waals surface area contributed by atoms with E-state index < -0.39 is 4.92 Å². The molecule has 2 aromatic rings. The fourth-order valence-electron chi connectivity index (χ4n) is 1.62. The Morgan fingerprint density at radius 2 is 1.81 bits per heavy atom. The number of hydrogen-bond donors (Lipinski definition) is 1. The molecule has 0 aromatic heterocycles. The summed E-state index contributed by atoms with van der Waals surface area (Å²) < 4.78 is 6.27. The van der Waals surface area contributed by atoms with Crippen molar-refractivity contribution < 1.29 is 14.5 Å². The molecule has 6 nitrogen and oxygen atoms in total. The van der Waals surface area contributed by atoms with Gasteiger partial charge in [-0.3, -0.25) is 14.9 Å². The standard InChI is InChI=1S/C14H11BrN2O4/c1-9(18)16-14-7-6-12(8-13(14)15)21-11-4-2-10(3-5-11)17(19)20/h2-8H,1H3,(H,16,18). The van der Waals surface area contributed by atoms with E-state index in [4.69, 9.17) is 4.74 Å². The molecule has 0 spiro atoms. The first kappa shape index (κ1) is 15.0. The monoisotopic (exact) mass is 350 g/mol. The number of rotatable bonds is 4. The molecule has 0 atom stereocenters. The van der Waals surface area contributed by atoms with Gasteiger partial charge in [-0.05, 0) is 46.3 Å². The lowest BCUT2D eigenvalue weighted by Crippen LogP contribution is -2.06. The molecule has 0 radical (unpaired) electrons. The van der Waals surface area contributed by atoms with Crippen LogP contribution in [0.25, 0.3) is 0 Å². The van der Waals surface area contributed by atoms with Crippen LogP contribution < -0.4 is 10.1 Å². The molecule has 0 aliphatic heterocycles. The molecule has 1 amide bonds. The van der Waals surface area contributed by atoms with E-state index in [1.165, 1.54) is 31.2 Å². The average molecular weight is 351 g/mol. The minimum atomic E-state index is -0.470. The molecule has 0 heterocycles. The van der Waals surface area contributed by atoms with Crippen LogP contribution in [0.4, 0.5) is 11.4 Å². The maximum Gasteiger partial charge on any atom is 0.269 e. The van der Waals surface area contributed by atoms with Crippen LogP contribution in [0, 0.1) is 10.1 Å². The number of nitrogens with one attached hydrogen (secondary N) is 1. The molecule has 0 aliphatic rings. The third-order valence-corrected chi connectivity index (χ3v) is 3.19. The second-order valence-electron chi connectivity index (χ2n) is 4.18. The average Bonchev–Trinajstić information content (AvgIpc) is 2.42. The molecule has 0 saturated carbocycles. The second-order valence-corrected chi connectivity index (χ2v) is 5.03. The zero-order chi connectivity index (χ0) is 15.4. The number of nitro benzene ring substituents is 1. The van der Waals surface area contributed by atoms with Gasteiger partial charge in [-0.15, -0.1) is 0 Å². The van der Waals surface area contributed by atoms with Crippen molar-refractivity contribution in [2.75, 3.05) is 5.32 Å². The highest BCUT2D eigenvalue weighted by atomic mass is 79.9. The Balaban J connectivity index is 2.14. The van der Waals surface area contributed by atoms with E-state index in [0.717, 1.165) is 0 Å². The quantitative estimate of drug-likeness (QED) is 0.664. The van der Waals surface area contributed by atoms with Gasteiger partial charge in [0.15, 0.2) is 0 Å². The van der Waals surface area contributed by atoms with E-state index in [2.05, 4.69) is 21.2 Å². The fraction of sp³-hybridized carbons (Fsp3) is 0.0714. The Hall–Kier alpha value is -2.41. The van der Waals surface area contributed by atoms with Gasteiger partial charge >= 0.3 is 0 Å². The van der Waals surface area contributed by atoms with Crippen molar-refractivity contribution in [3.05, 3.63) is 57.1 Å². The van der Waals surface area contributed by atoms with Crippen LogP contribution >= 0.6 is 15.9 Å². The fourth-order valence-corrected chi connectivity index (χ4v) is 2.08. The summed E-state index contributed by atoms with van der Waals surface area (Å²) in [7, 11) is 0. The van der Waals surface area contributed by atoms with Gasteiger partial charge in [0.1, 0.15) is 11.5 Å². The van der Waals surface area contributed by atoms with E-state index in [1.807, 2.05) is 0 Å². The van der Waals surface area contributed by atoms with E-state index in [0.29, 0.717) is 21.7 Å². The summed E-state index contributed by atoms with van der Waals surface area (Å²) in [4.78, 5) is 21.1. The number of nitrogens with zero attached hydrogens (tertiary/aromatic N) is 1. The number of nitro groups is 1. The zero-order valence-electron chi connectivity index (χ0n) is 11.0. The lowest BCUT2D eigenvalue weighted by atomic mass is 10.3. The molecule has 2 rings (SSSR count). The van der Waals surface area contributed by atoms with E-state index in [1.54, 1.807) is 18.2 Å². The van der Waals surface area contributed by atoms with Gasteiger partial charge in [-0.1, -0.05) is 0 Å². The number of carbonyl (C=O) groups is 1. The predicted molar refractivity (Wildman–Crippen MR) is 81.6 cm³/mol. The number of ether oxygens (including phenoxy) is 1. The summed E-state index contributed by atoms with van der Waals surface area (Å²) in [5.41, 5.74) is 0.642. The maximum absolute atomic E-state index is 11.0. The first-order valence-electron chi connectivity index (χ1n) is 5.95. The molecule has 0 fully saturated rings. The lowest BCUT2D eigenvalue weighted by molar-refractivity contribution is -0.384. The molecule has 0 aliphatic carbocycles. The SMILES string of the molecule is CC(=O)Nc1ccc(Oc2ccc([N+](=O)[O-])cc2)cc1Br. The van der Waals surface area contributed by atoms with Crippen molar-refractivity contribution >= 4 is 33.2 Å². The molecule has 7 heteroatoms. The van der Waals surface area contributed by atoms with Crippen LogP contribution in [-0.2, 0) is 4.79 Å². The number of carbonyl (C=O) groups excluding carboxylic acids is 1. The molecular weight excluding hydrogens is 340 g/mol. The van der Waals surface area contributed by atoms with Crippen molar-refractivity contribution in [2.24, 2.45) is 0 Å². The third-order valence-electron chi connectivity index (χ3n) is 2.53. The minimum Gasteiger partial charge on any atom is -0.457 e. The Labute approximate surface area is 129 Å². The van der Waals surface area contributed by atoms with Gasteiger partial charge in [0.05, 0.1) is 10.6 Å². The minimum absolute atomic E-state index is 0.00420. The maximum atomic E-state index is 11.0. The molecule has 108 valence electrons. The van der Waals surface area contributed by atoms with E-state index >= 15 is 0 Å². The van der Waals surface area contributed by atoms with Gasteiger partial charge in [-0.25, -0.2) is 0 Å². The normalized spacial score (nSPS) is 10.0. The summed E-state index contributed by atoms with van der Waals surface area (Å²) in [6, 6.07) is 10.9. The second kappa shape index (κ2) is 6.36. The number of halogens is 1. The molecule has 1 N–H and O–H groups in total. The topological polar surface area (TPSA) is 81.5 Å². The number of non-ortho nitro benzene ring substituents is 1. The van der Waals surface area contributed by atoms with Crippen LogP contribution in [0.1, 0.15) is 6.92 Å². The molecule has 0 saturated heterocycles. The Morgan fingerprint density at radius 1 is 1.19 bits per heavy atom. The first-order valence-corrected chi connectivity index (χ1v) is 6.74. The van der Waals surface area contributed by atoms with Crippen LogP contribution in [-0.4, -0.2) is 10.8 Å². The smallest absolute Gasteiger partial charge is 0.269 e. The molecule has 0 bridgehead atoms. The third kappa shape index (κ3) is 4.03. The highest BCUT2D eigenvalue weighted by molar-refractivity contribution is 9.10. The number of hydrogen-bond acceptors (Lipinski definition) is 4. The van der Waals surface area contributed by atoms with Crippen molar-refractivity contribution in [3.8, 4) is 11.5 Å². The first-order chi connectivity index (χ1) is 9.95. The Morgan fingerprint density at radius 3 is 2.33 bits per heavy atom. The van der Waals surface area contributed by atoms with Gasteiger partial charge in [0.25, 0.3) is 5.69 Å². The van der Waals surface area contributed by atoms with E-state index in [9.17, 15) is 14.9 Å². The number of amides is 1. The zero-order valence-corrected chi connectivity index (χ0v) is 12.6. The van der Waals surface area contributed by atoms with Crippen molar-refractivity contribution in [2.45, 2.75) is 6.92 Å². The molecule has 21 heavy (non-hydrogen) atoms. The van der Waals surface area contributed by atoms with Crippen LogP contribution in [0.5, 0.6) is 11.5 Å². The van der Waals surface area contributed by atoms with Crippen LogP contribution in [0.15, 0.2) is 46.9 Å². The lowest BCUT2D eigenvalue weighted by Gasteiger charge is -2.09. The van der Waals surface area contributed by atoms with Crippen molar-refractivity contribution in [3.63, 3.8) is 0 Å². The summed E-state index contributed by atoms with van der Waals surface area (Å²) in [5.74, 6) is 0.865. The van der Waals surface area contributed by atoms with Crippen molar-refractivity contribution in [1.29, 1.82) is 0 Å². The molecule has 0 unspecified atom stereocenters. The summed E-state index contributed by atoms with van der Waals surface area (Å²) in [6.07, 6.45) is 0. The van der Waals surface area contributed by atoms with Gasteiger partial charge in [0.2, 0.25) is 5.91 Å². The molecular formula is C14H11BrN2O4. The van der Waals surface area contributed by atoms with Crippen LogP contribution in [0.2, 0.25) is 0 Å². The summed E-state index contributed by atoms with van der Waals surface area (Å²) in [5, 5.41) is 13.2. The van der Waals surface area contributed by atoms with E-state index in [-0.39, 0.29) is 11.6 Å². The Kier molecular flexibility index (Phi) is 4.54. The highest BCUT2D eigenvalue weighted by Gasteiger charge is 2.07. The number of benzene rings is 2. The number of anilines is 1.